The first-order valence-electron chi connectivity index (χ1n) is 15.4. The summed E-state index contributed by atoms with van der Waals surface area (Å²) >= 11 is 1.90. The van der Waals surface area contributed by atoms with Crippen molar-refractivity contribution in [3.05, 3.63) is 170 Å². The van der Waals surface area contributed by atoms with Gasteiger partial charge in [-0.05, 0) is 72.6 Å². The van der Waals surface area contributed by atoms with E-state index in [1.807, 2.05) is 11.3 Å². The fourth-order valence-electron chi connectivity index (χ4n) is 7.08. The van der Waals surface area contributed by atoms with E-state index < -0.39 is 0 Å². The van der Waals surface area contributed by atoms with Gasteiger partial charge in [0.2, 0.25) is 0 Å². The highest BCUT2D eigenvalue weighted by molar-refractivity contribution is 7.26. The molecule has 0 atom stereocenters. The number of hydrogen-bond donors (Lipinski definition) is 0. The van der Waals surface area contributed by atoms with Crippen molar-refractivity contribution in [2.75, 3.05) is 0 Å². The molecule has 0 unspecified atom stereocenters. The van der Waals surface area contributed by atoms with E-state index in [0.717, 1.165) is 0 Å². The van der Waals surface area contributed by atoms with Crippen LogP contribution < -0.4 is 0 Å². The molecule has 1 aromatic heterocycles. The molecule has 0 aliphatic heterocycles. The van der Waals surface area contributed by atoms with Gasteiger partial charge in [0, 0.05) is 25.7 Å². The lowest BCUT2D eigenvalue weighted by atomic mass is 9.83. The van der Waals surface area contributed by atoms with Crippen LogP contribution in [0.3, 0.4) is 0 Å². The van der Waals surface area contributed by atoms with Gasteiger partial charge in [-0.15, -0.1) is 11.3 Å². The second kappa shape index (κ2) is 10.6. The Morgan fingerprint density at radius 3 is 1.42 bits per heavy atom. The highest BCUT2D eigenvalue weighted by Gasteiger charge is 2.20. The molecule has 0 fully saturated rings. The quantitative estimate of drug-likeness (QED) is 0.179. The lowest BCUT2D eigenvalue weighted by molar-refractivity contribution is 1.61. The molecule has 0 N–H and O–H groups in total. The molecule has 0 amide bonds. The van der Waals surface area contributed by atoms with Crippen LogP contribution in [0.2, 0.25) is 0 Å². The molecule has 45 heavy (non-hydrogen) atoms. The molecule has 0 bridgehead atoms. The SMILES string of the molecule is c1ccc(-c2ccc3sc4c(-c5c6ccccc6c(-c6ccccc6-c6ccccc6)c6ccccc56)cccc4c3c2)cc1. The molecule has 0 saturated heterocycles. The second-order valence-corrected chi connectivity index (χ2v) is 12.7. The highest BCUT2D eigenvalue weighted by Crippen LogP contribution is 2.49. The normalized spacial score (nSPS) is 11.6. The van der Waals surface area contributed by atoms with Gasteiger partial charge in [0.1, 0.15) is 0 Å². The van der Waals surface area contributed by atoms with E-state index in [4.69, 9.17) is 0 Å². The summed E-state index contributed by atoms with van der Waals surface area (Å²) in [5.74, 6) is 0. The molecule has 1 heterocycles. The zero-order chi connectivity index (χ0) is 29.7. The van der Waals surface area contributed by atoms with E-state index in [1.54, 1.807) is 0 Å². The Bertz CT molecular complexity index is 2460. The lowest BCUT2D eigenvalue weighted by Crippen LogP contribution is -1.92. The van der Waals surface area contributed by atoms with Gasteiger partial charge in [0.15, 0.2) is 0 Å². The summed E-state index contributed by atoms with van der Waals surface area (Å²) in [6, 6.07) is 62.0. The molecule has 8 aromatic carbocycles. The summed E-state index contributed by atoms with van der Waals surface area (Å²) in [5, 5.41) is 7.75. The van der Waals surface area contributed by atoms with Crippen molar-refractivity contribution < 1.29 is 0 Å². The predicted octanol–water partition coefficient (Wildman–Crippen LogP) is 13.0. The summed E-state index contributed by atoms with van der Waals surface area (Å²) in [6.07, 6.45) is 0. The van der Waals surface area contributed by atoms with Gasteiger partial charge in [0.05, 0.1) is 0 Å². The monoisotopic (exact) mass is 588 g/mol. The minimum absolute atomic E-state index is 1.23. The number of fused-ring (bicyclic) bond motifs is 5. The zero-order valence-corrected chi connectivity index (χ0v) is 25.4. The third-order valence-corrected chi connectivity index (χ3v) is 10.3. The molecular weight excluding hydrogens is 561 g/mol. The summed E-state index contributed by atoms with van der Waals surface area (Å²) in [4.78, 5) is 0. The van der Waals surface area contributed by atoms with Gasteiger partial charge in [-0.3, -0.25) is 0 Å². The Morgan fingerprint density at radius 1 is 0.289 bits per heavy atom. The van der Waals surface area contributed by atoms with E-state index in [0.29, 0.717) is 0 Å². The third-order valence-electron chi connectivity index (χ3n) is 9.09. The van der Waals surface area contributed by atoms with E-state index >= 15 is 0 Å². The minimum atomic E-state index is 1.23. The maximum Gasteiger partial charge on any atom is 0.0434 e. The Morgan fingerprint density at radius 2 is 0.778 bits per heavy atom. The topological polar surface area (TPSA) is 0 Å². The zero-order valence-electron chi connectivity index (χ0n) is 24.6. The molecule has 1 heteroatoms. The summed E-state index contributed by atoms with van der Waals surface area (Å²) in [7, 11) is 0. The highest BCUT2D eigenvalue weighted by atomic mass is 32.1. The number of benzene rings is 8. The summed E-state index contributed by atoms with van der Waals surface area (Å²) in [6.45, 7) is 0. The molecule has 0 aliphatic carbocycles. The van der Waals surface area contributed by atoms with E-state index in [9.17, 15) is 0 Å². The van der Waals surface area contributed by atoms with Crippen LogP contribution >= 0.6 is 11.3 Å². The molecule has 9 rings (SSSR count). The van der Waals surface area contributed by atoms with Crippen LogP contribution in [0.1, 0.15) is 0 Å². The smallest absolute Gasteiger partial charge is 0.0434 e. The molecule has 0 saturated carbocycles. The van der Waals surface area contributed by atoms with Crippen molar-refractivity contribution in [1.82, 2.24) is 0 Å². The fraction of sp³-hybridized carbons (Fsp3) is 0. The average Bonchev–Trinajstić information content (AvgIpc) is 3.50. The van der Waals surface area contributed by atoms with Crippen LogP contribution in [0.25, 0.3) is 86.2 Å². The Labute approximate surface area is 266 Å². The Balaban J connectivity index is 1.35. The number of thiophene rings is 1. The average molecular weight is 589 g/mol. The van der Waals surface area contributed by atoms with E-state index in [1.165, 1.54) is 86.2 Å². The Hall–Kier alpha value is -5.50. The third kappa shape index (κ3) is 4.20. The van der Waals surface area contributed by atoms with Crippen LogP contribution in [0, 0.1) is 0 Å². The summed E-state index contributed by atoms with van der Waals surface area (Å²) in [5.41, 5.74) is 10.1. The summed E-state index contributed by atoms with van der Waals surface area (Å²) < 4.78 is 2.66. The lowest BCUT2D eigenvalue weighted by Gasteiger charge is -2.20. The molecule has 210 valence electrons. The molecular formula is C44H28S. The maximum atomic E-state index is 2.37. The first-order valence-corrected chi connectivity index (χ1v) is 16.3. The second-order valence-electron chi connectivity index (χ2n) is 11.6. The van der Waals surface area contributed by atoms with Crippen LogP contribution in [0.4, 0.5) is 0 Å². The molecule has 9 aromatic rings. The van der Waals surface area contributed by atoms with E-state index in [2.05, 4.69) is 170 Å². The van der Waals surface area contributed by atoms with Crippen molar-refractivity contribution in [3.8, 4) is 44.5 Å². The molecule has 0 nitrogen and oxygen atoms in total. The first kappa shape index (κ1) is 25.9. The van der Waals surface area contributed by atoms with Gasteiger partial charge < -0.3 is 0 Å². The van der Waals surface area contributed by atoms with Crippen LogP contribution in [0.5, 0.6) is 0 Å². The molecule has 0 aliphatic rings. The van der Waals surface area contributed by atoms with Crippen LogP contribution in [0.15, 0.2) is 170 Å². The van der Waals surface area contributed by atoms with Crippen molar-refractivity contribution in [3.63, 3.8) is 0 Å². The van der Waals surface area contributed by atoms with Crippen LogP contribution in [-0.4, -0.2) is 0 Å². The van der Waals surface area contributed by atoms with Crippen molar-refractivity contribution in [2.24, 2.45) is 0 Å². The van der Waals surface area contributed by atoms with Gasteiger partial charge in [-0.1, -0.05) is 158 Å². The van der Waals surface area contributed by atoms with Crippen molar-refractivity contribution >= 4 is 53.1 Å². The first-order chi connectivity index (χ1) is 22.3. The minimum Gasteiger partial charge on any atom is -0.135 e. The predicted molar refractivity (Wildman–Crippen MR) is 196 cm³/mol. The standard InChI is InChI=1S/C44H28S/c1-3-14-29(15-4-1)31-26-27-41-40(28-31)38-24-13-25-39(44(38)45-41)43-36-22-11-9-20-34(36)42(35-21-10-12-23-37(35)43)33-19-8-7-18-32(33)30-16-5-2-6-17-30/h1-28H. The van der Waals surface area contributed by atoms with Crippen molar-refractivity contribution in [1.29, 1.82) is 0 Å². The number of hydrogen-bond acceptors (Lipinski definition) is 1. The molecule has 0 radical (unpaired) electrons. The molecule has 0 spiro atoms. The van der Waals surface area contributed by atoms with Gasteiger partial charge in [-0.25, -0.2) is 0 Å². The van der Waals surface area contributed by atoms with Gasteiger partial charge in [0.25, 0.3) is 0 Å². The fourth-order valence-corrected chi connectivity index (χ4v) is 8.29. The maximum absolute atomic E-state index is 2.37. The van der Waals surface area contributed by atoms with Crippen LogP contribution in [-0.2, 0) is 0 Å². The largest absolute Gasteiger partial charge is 0.135 e. The number of rotatable bonds is 4. The van der Waals surface area contributed by atoms with Gasteiger partial charge >= 0.3 is 0 Å². The van der Waals surface area contributed by atoms with Crippen molar-refractivity contribution in [2.45, 2.75) is 0 Å². The van der Waals surface area contributed by atoms with E-state index in [-0.39, 0.29) is 0 Å². The Kier molecular flexibility index (Phi) is 6.11. The van der Waals surface area contributed by atoms with Gasteiger partial charge in [-0.2, -0.15) is 0 Å².